The Morgan fingerprint density at radius 1 is 0.821 bits per heavy atom. The van der Waals surface area contributed by atoms with Crippen LogP contribution in [-0.4, -0.2) is 22.7 Å². The number of hydrogen-bond acceptors (Lipinski definition) is 2. The third kappa shape index (κ3) is 3.63. The fraction of sp³-hybridized carbons (Fsp3) is 0.308. The highest BCUT2D eigenvalue weighted by molar-refractivity contribution is 5.28. The number of rotatable bonds is 4. The van der Waals surface area contributed by atoms with E-state index in [4.69, 9.17) is 0 Å². The first-order chi connectivity index (χ1) is 13.6. The van der Waals surface area contributed by atoms with Crippen LogP contribution in [0.2, 0.25) is 0 Å². The van der Waals surface area contributed by atoms with Gasteiger partial charge in [-0.3, -0.25) is 4.90 Å². The fourth-order valence-corrected chi connectivity index (χ4v) is 4.89. The van der Waals surface area contributed by atoms with Gasteiger partial charge >= 0.3 is 0 Å². The molecule has 1 N–H and O–H groups in total. The maximum atomic E-state index is 11.9. The molecular weight excluding hydrogens is 342 g/mol. The van der Waals surface area contributed by atoms with Gasteiger partial charge in [-0.15, -0.1) is 0 Å². The Labute approximate surface area is 168 Å². The Kier molecular flexibility index (Phi) is 5.34. The van der Waals surface area contributed by atoms with Gasteiger partial charge in [-0.2, -0.15) is 0 Å². The van der Waals surface area contributed by atoms with Crippen molar-refractivity contribution in [2.75, 3.05) is 7.05 Å². The van der Waals surface area contributed by atoms with Crippen molar-refractivity contribution in [3.05, 3.63) is 108 Å². The van der Waals surface area contributed by atoms with Crippen molar-refractivity contribution in [1.82, 2.24) is 4.90 Å². The summed E-state index contributed by atoms with van der Waals surface area (Å²) in [5.74, 6) is 0.111. The van der Waals surface area contributed by atoms with Crippen LogP contribution in [0.5, 0.6) is 0 Å². The zero-order chi connectivity index (χ0) is 19.6. The van der Waals surface area contributed by atoms with Crippen LogP contribution in [0, 0.1) is 5.92 Å². The molecule has 0 saturated carbocycles. The van der Waals surface area contributed by atoms with Crippen molar-refractivity contribution < 1.29 is 5.11 Å². The molecule has 2 heteroatoms. The van der Waals surface area contributed by atoms with Crippen molar-refractivity contribution in [2.45, 2.75) is 37.5 Å². The van der Waals surface area contributed by atoms with Crippen LogP contribution >= 0.6 is 0 Å². The van der Waals surface area contributed by atoms with Crippen LogP contribution in [0.25, 0.3) is 0 Å². The third-order valence-corrected chi connectivity index (χ3v) is 6.48. The van der Waals surface area contributed by atoms with Gasteiger partial charge in [0, 0.05) is 24.4 Å². The lowest BCUT2D eigenvalue weighted by atomic mass is 9.68. The Morgan fingerprint density at radius 2 is 1.32 bits per heavy atom. The highest BCUT2D eigenvalue weighted by Crippen LogP contribution is 2.49. The molecule has 0 bridgehead atoms. The average molecular weight is 372 g/mol. The third-order valence-electron chi connectivity index (χ3n) is 6.48. The molecule has 1 aliphatic heterocycles. The van der Waals surface area contributed by atoms with Gasteiger partial charge in [-0.05, 0) is 30.2 Å². The van der Waals surface area contributed by atoms with Gasteiger partial charge < -0.3 is 5.11 Å². The van der Waals surface area contributed by atoms with Crippen LogP contribution in [-0.2, 0) is 6.42 Å². The zero-order valence-corrected chi connectivity index (χ0v) is 16.7. The highest BCUT2D eigenvalue weighted by atomic mass is 16.3. The summed E-state index contributed by atoms with van der Waals surface area (Å²) < 4.78 is 0. The van der Waals surface area contributed by atoms with Crippen molar-refractivity contribution in [3.63, 3.8) is 0 Å². The summed E-state index contributed by atoms with van der Waals surface area (Å²) in [6, 6.07) is 32.0. The summed E-state index contributed by atoms with van der Waals surface area (Å²) in [7, 11) is 2.20. The van der Waals surface area contributed by atoms with E-state index in [-0.39, 0.29) is 18.0 Å². The quantitative estimate of drug-likeness (QED) is 0.662. The van der Waals surface area contributed by atoms with Crippen molar-refractivity contribution in [2.24, 2.45) is 5.92 Å². The summed E-state index contributed by atoms with van der Waals surface area (Å²) in [5.41, 5.74) is 2.96. The van der Waals surface area contributed by atoms with E-state index in [1.165, 1.54) is 16.7 Å². The van der Waals surface area contributed by atoms with Gasteiger partial charge in [0.15, 0.2) is 0 Å². The predicted octanol–water partition coefficient (Wildman–Crippen LogP) is 5.41. The Hall–Kier alpha value is -2.42. The second-order valence-corrected chi connectivity index (χ2v) is 8.21. The first-order valence-corrected chi connectivity index (χ1v) is 10.2. The van der Waals surface area contributed by atoms with E-state index >= 15 is 0 Å². The lowest BCUT2D eigenvalue weighted by molar-refractivity contribution is -0.113. The van der Waals surface area contributed by atoms with E-state index in [9.17, 15) is 5.11 Å². The molecule has 28 heavy (non-hydrogen) atoms. The molecule has 0 aromatic heterocycles. The molecule has 0 aliphatic carbocycles. The van der Waals surface area contributed by atoms with Crippen molar-refractivity contribution in [1.29, 1.82) is 0 Å². The lowest BCUT2D eigenvalue weighted by Crippen LogP contribution is -2.53. The molecule has 3 aromatic carbocycles. The molecule has 1 saturated heterocycles. The molecule has 0 unspecified atom stereocenters. The predicted molar refractivity (Wildman–Crippen MR) is 115 cm³/mol. The second-order valence-electron chi connectivity index (χ2n) is 8.21. The van der Waals surface area contributed by atoms with E-state index in [2.05, 4.69) is 104 Å². The van der Waals surface area contributed by atoms with Gasteiger partial charge in [-0.25, -0.2) is 0 Å². The van der Waals surface area contributed by atoms with E-state index in [1.54, 1.807) is 0 Å². The van der Waals surface area contributed by atoms with Crippen LogP contribution in [0.15, 0.2) is 91.0 Å². The van der Waals surface area contributed by atoms with Gasteiger partial charge in [0.2, 0.25) is 0 Å². The molecule has 4 rings (SSSR count). The minimum Gasteiger partial charge on any atom is -0.389 e. The molecule has 1 heterocycles. The molecule has 2 nitrogen and oxygen atoms in total. The average Bonchev–Trinajstić information content (AvgIpc) is 2.73. The summed E-state index contributed by atoms with van der Waals surface area (Å²) in [4.78, 5) is 2.45. The van der Waals surface area contributed by atoms with Gasteiger partial charge in [0.25, 0.3) is 0 Å². The van der Waals surface area contributed by atoms with E-state index in [0.29, 0.717) is 6.42 Å². The molecule has 1 aliphatic rings. The van der Waals surface area contributed by atoms with Crippen LogP contribution < -0.4 is 0 Å². The number of piperidine rings is 1. The summed E-state index contributed by atoms with van der Waals surface area (Å²) >= 11 is 0. The maximum Gasteiger partial charge on any atom is 0.0749 e. The van der Waals surface area contributed by atoms with Gasteiger partial charge in [-0.1, -0.05) is 97.9 Å². The van der Waals surface area contributed by atoms with Crippen LogP contribution in [0.4, 0.5) is 0 Å². The SMILES string of the molecule is C[C@H]1[C@@H](c2ccccc2)N(C)[C@H](c2ccccc2)C[C@]1(O)Cc1ccccc1. The Bertz CT molecular complexity index is 880. The number of aliphatic hydroxyl groups is 1. The first-order valence-electron chi connectivity index (χ1n) is 10.2. The number of benzene rings is 3. The topological polar surface area (TPSA) is 23.5 Å². The summed E-state index contributed by atoms with van der Waals surface area (Å²) in [6.07, 6.45) is 1.41. The number of hydrogen-bond donors (Lipinski definition) is 1. The molecule has 3 aromatic rings. The summed E-state index contributed by atoms with van der Waals surface area (Å²) in [6.45, 7) is 2.21. The second kappa shape index (κ2) is 7.90. The molecular formula is C26H29NO. The Morgan fingerprint density at radius 3 is 1.89 bits per heavy atom. The van der Waals surface area contributed by atoms with Gasteiger partial charge in [0.05, 0.1) is 5.60 Å². The monoisotopic (exact) mass is 371 g/mol. The van der Waals surface area contributed by atoms with Crippen LogP contribution in [0.1, 0.15) is 42.1 Å². The van der Waals surface area contributed by atoms with Crippen molar-refractivity contribution in [3.8, 4) is 0 Å². The molecule has 0 radical (unpaired) electrons. The van der Waals surface area contributed by atoms with Gasteiger partial charge in [0.1, 0.15) is 0 Å². The highest BCUT2D eigenvalue weighted by Gasteiger charge is 2.48. The normalized spacial score (nSPS) is 28.2. The minimum atomic E-state index is -0.769. The van der Waals surface area contributed by atoms with E-state index in [0.717, 1.165) is 6.42 Å². The zero-order valence-electron chi connectivity index (χ0n) is 16.7. The van der Waals surface area contributed by atoms with Crippen molar-refractivity contribution >= 4 is 0 Å². The van der Waals surface area contributed by atoms with E-state index < -0.39 is 5.60 Å². The molecule has 0 amide bonds. The minimum absolute atomic E-state index is 0.111. The molecule has 4 atom stereocenters. The summed E-state index contributed by atoms with van der Waals surface area (Å²) in [5, 5.41) is 11.9. The maximum absolute atomic E-state index is 11.9. The number of nitrogens with zero attached hydrogens (tertiary/aromatic N) is 1. The Balaban J connectivity index is 1.75. The largest absolute Gasteiger partial charge is 0.389 e. The van der Waals surface area contributed by atoms with E-state index in [1.807, 2.05) is 6.07 Å². The number of likely N-dealkylation sites (tertiary alicyclic amines) is 1. The standard InChI is InChI=1S/C26H29NO/c1-20-25(23-16-10-5-11-17-23)27(2)24(22-14-8-4-9-15-22)19-26(20,28)18-21-12-6-3-7-13-21/h3-17,20,24-25,28H,18-19H2,1-2H3/t20-,24-,25-,26+/m0/s1. The molecule has 0 spiro atoms. The molecule has 144 valence electrons. The fourth-order valence-electron chi connectivity index (χ4n) is 4.89. The lowest BCUT2D eigenvalue weighted by Gasteiger charge is -2.52. The molecule has 1 fully saturated rings. The smallest absolute Gasteiger partial charge is 0.0749 e. The first kappa shape index (κ1) is 18.9. The van der Waals surface area contributed by atoms with Crippen LogP contribution in [0.3, 0.4) is 0 Å².